The molecule has 1 saturated carbocycles. The van der Waals surface area contributed by atoms with Gasteiger partial charge in [-0.3, -0.25) is 5.32 Å². The summed E-state index contributed by atoms with van der Waals surface area (Å²) < 4.78 is 0. The van der Waals surface area contributed by atoms with Crippen LogP contribution in [0.25, 0.3) is 10.4 Å². The van der Waals surface area contributed by atoms with Crippen LogP contribution in [-0.4, -0.2) is 18.6 Å². The molecule has 11 heavy (non-hydrogen) atoms. The minimum Gasteiger partial charge on any atom is -0.299 e. The molecule has 0 saturated heterocycles. The van der Waals surface area contributed by atoms with E-state index in [0.29, 0.717) is 13.1 Å². The lowest BCUT2D eigenvalue weighted by atomic mass is 10.3. The van der Waals surface area contributed by atoms with E-state index in [1.807, 2.05) is 0 Å². The first-order valence-corrected chi connectivity index (χ1v) is 3.50. The van der Waals surface area contributed by atoms with Crippen molar-refractivity contribution >= 4 is 0 Å². The molecule has 58 valence electrons. The summed E-state index contributed by atoms with van der Waals surface area (Å²) in [5.41, 5.74) is 7.65. The van der Waals surface area contributed by atoms with E-state index >= 15 is 0 Å². The van der Waals surface area contributed by atoms with Crippen molar-refractivity contribution in [3.05, 3.63) is 10.4 Å². The van der Waals surface area contributed by atoms with E-state index in [0.717, 1.165) is 12.8 Å². The van der Waals surface area contributed by atoms with Crippen molar-refractivity contribution in [1.82, 2.24) is 5.32 Å². The van der Waals surface area contributed by atoms with Gasteiger partial charge in [-0.2, -0.15) is 5.26 Å². The predicted octanol–water partition coefficient (Wildman–Crippen LogP) is 0.942. The summed E-state index contributed by atoms with van der Waals surface area (Å²) >= 11 is 0. The highest BCUT2D eigenvalue weighted by Crippen LogP contribution is 2.33. The van der Waals surface area contributed by atoms with Gasteiger partial charge < -0.3 is 0 Å². The highest BCUT2D eigenvalue weighted by molar-refractivity contribution is 5.18. The molecule has 1 aliphatic carbocycles. The first-order valence-electron chi connectivity index (χ1n) is 3.50. The molecule has 0 aromatic carbocycles. The second kappa shape index (κ2) is 3.24. The second-order valence-corrected chi connectivity index (χ2v) is 2.58. The highest BCUT2D eigenvalue weighted by Gasteiger charge is 2.42. The standard InChI is InChI=1S/C6H9N5/c7-5-6(1-2-6)9-3-4-10-11-8/h9H,1-4H2. The molecule has 1 aliphatic rings. The van der Waals surface area contributed by atoms with Crippen LogP contribution >= 0.6 is 0 Å². The van der Waals surface area contributed by atoms with E-state index in [2.05, 4.69) is 21.4 Å². The van der Waals surface area contributed by atoms with Crippen LogP contribution in [0.5, 0.6) is 0 Å². The van der Waals surface area contributed by atoms with Crippen molar-refractivity contribution in [2.24, 2.45) is 5.11 Å². The summed E-state index contributed by atoms with van der Waals surface area (Å²) in [5.74, 6) is 0. The van der Waals surface area contributed by atoms with Crippen LogP contribution in [-0.2, 0) is 0 Å². The fourth-order valence-electron chi connectivity index (χ4n) is 0.843. The predicted molar refractivity (Wildman–Crippen MR) is 39.6 cm³/mol. The van der Waals surface area contributed by atoms with E-state index in [1.54, 1.807) is 0 Å². The molecule has 0 atom stereocenters. The topological polar surface area (TPSA) is 84.6 Å². The fraction of sp³-hybridized carbons (Fsp3) is 0.833. The Labute approximate surface area is 64.6 Å². The lowest BCUT2D eigenvalue weighted by Gasteiger charge is -2.05. The maximum Gasteiger partial charge on any atom is 0.106 e. The molecule has 5 heteroatoms. The molecule has 0 aliphatic heterocycles. The Morgan fingerprint density at radius 3 is 2.91 bits per heavy atom. The number of azide groups is 1. The summed E-state index contributed by atoms with van der Waals surface area (Å²) in [4.78, 5) is 2.60. The Bertz CT molecular complexity index is 218. The van der Waals surface area contributed by atoms with Crippen molar-refractivity contribution < 1.29 is 0 Å². The zero-order valence-corrected chi connectivity index (χ0v) is 6.12. The normalized spacial score (nSPS) is 18.1. The minimum atomic E-state index is -0.287. The first kappa shape index (κ1) is 7.86. The largest absolute Gasteiger partial charge is 0.299 e. The molecule has 0 unspecified atom stereocenters. The molecule has 0 aromatic rings. The van der Waals surface area contributed by atoms with Gasteiger partial charge in [0.1, 0.15) is 5.54 Å². The molecule has 5 nitrogen and oxygen atoms in total. The van der Waals surface area contributed by atoms with Gasteiger partial charge in [0.05, 0.1) is 6.07 Å². The molecule has 0 heterocycles. The number of hydrogen-bond acceptors (Lipinski definition) is 3. The van der Waals surface area contributed by atoms with E-state index in [9.17, 15) is 0 Å². The minimum absolute atomic E-state index is 0.287. The average Bonchev–Trinajstić information content (AvgIpc) is 2.80. The van der Waals surface area contributed by atoms with Gasteiger partial charge in [0.2, 0.25) is 0 Å². The number of nitrogens with one attached hydrogen (secondary N) is 1. The van der Waals surface area contributed by atoms with Gasteiger partial charge in [-0.25, -0.2) is 0 Å². The third-order valence-electron chi connectivity index (χ3n) is 1.70. The molecule has 1 N–H and O–H groups in total. The third-order valence-corrected chi connectivity index (χ3v) is 1.70. The van der Waals surface area contributed by atoms with Gasteiger partial charge in [0.25, 0.3) is 0 Å². The first-order chi connectivity index (χ1) is 5.33. The molecule has 1 fully saturated rings. The Kier molecular flexibility index (Phi) is 2.32. The maximum absolute atomic E-state index is 8.60. The van der Waals surface area contributed by atoms with Crippen molar-refractivity contribution in [1.29, 1.82) is 5.26 Å². The van der Waals surface area contributed by atoms with E-state index in [1.165, 1.54) is 0 Å². The van der Waals surface area contributed by atoms with E-state index < -0.39 is 0 Å². The van der Waals surface area contributed by atoms with E-state index in [-0.39, 0.29) is 5.54 Å². The van der Waals surface area contributed by atoms with E-state index in [4.69, 9.17) is 10.8 Å². The van der Waals surface area contributed by atoms with Crippen molar-refractivity contribution in [2.75, 3.05) is 13.1 Å². The summed E-state index contributed by atoms with van der Waals surface area (Å²) in [6, 6.07) is 2.18. The lowest BCUT2D eigenvalue weighted by Crippen LogP contribution is -2.31. The molecular weight excluding hydrogens is 142 g/mol. The van der Waals surface area contributed by atoms with Crippen molar-refractivity contribution in [2.45, 2.75) is 18.4 Å². The third kappa shape index (κ3) is 2.11. The lowest BCUT2D eigenvalue weighted by molar-refractivity contribution is 0.603. The SMILES string of the molecule is N#CC1(NCCN=[N+]=[N-])CC1. The van der Waals surface area contributed by atoms with Crippen molar-refractivity contribution in [3.8, 4) is 6.07 Å². The van der Waals surface area contributed by atoms with Gasteiger partial charge in [-0.1, -0.05) is 5.11 Å². The summed E-state index contributed by atoms with van der Waals surface area (Å²) in [6.07, 6.45) is 1.83. The molecule has 0 radical (unpaired) electrons. The van der Waals surface area contributed by atoms with Gasteiger partial charge in [-0.15, -0.1) is 0 Å². The van der Waals surface area contributed by atoms with Gasteiger partial charge >= 0.3 is 0 Å². The van der Waals surface area contributed by atoms with Crippen LogP contribution in [0.2, 0.25) is 0 Å². The smallest absolute Gasteiger partial charge is 0.106 e. The summed E-state index contributed by atoms with van der Waals surface area (Å²) in [6.45, 7) is 1.01. The number of nitrogens with zero attached hydrogens (tertiary/aromatic N) is 4. The molecule has 0 bridgehead atoms. The number of rotatable bonds is 4. The Balaban J connectivity index is 2.13. The Morgan fingerprint density at radius 2 is 2.45 bits per heavy atom. The van der Waals surface area contributed by atoms with Crippen LogP contribution in [0, 0.1) is 11.3 Å². The highest BCUT2D eigenvalue weighted by atomic mass is 15.1. The fourth-order valence-corrected chi connectivity index (χ4v) is 0.843. The average molecular weight is 151 g/mol. The zero-order valence-electron chi connectivity index (χ0n) is 6.12. The van der Waals surface area contributed by atoms with Crippen LogP contribution in [0.4, 0.5) is 0 Å². The van der Waals surface area contributed by atoms with Crippen LogP contribution in [0.15, 0.2) is 5.11 Å². The zero-order chi connectivity index (χ0) is 8.16. The second-order valence-electron chi connectivity index (χ2n) is 2.58. The molecule has 0 spiro atoms. The molecule has 0 amide bonds. The van der Waals surface area contributed by atoms with Crippen LogP contribution < -0.4 is 5.32 Å². The van der Waals surface area contributed by atoms with Crippen LogP contribution in [0.1, 0.15) is 12.8 Å². The monoisotopic (exact) mass is 151 g/mol. The van der Waals surface area contributed by atoms with Crippen molar-refractivity contribution in [3.63, 3.8) is 0 Å². The number of hydrogen-bond donors (Lipinski definition) is 1. The molecular formula is C6H9N5. The molecule has 0 aromatic heterocycles. The Hall–Kier alpha value is -1.24. The Morgan fingerprint density at radius 1 is 1.73 bits per heavy atom. The van der Waals surface area contributed by atoms with Gasteiger partial charge in [0.15, 0.2) is 0 Å². The summed E-state index contributed by atoms with van der Waals surface area (Å²) in [7, 11) is 0. The quantitative estimate of drug-likeness (QED) is 0.280. The number of nitriles is 1. The summed E-state index contributed by atoms with van der Waals surface area (Å²) in [5, 5.41) is 15.0. The van der Waals surface area contributed by atoms with Gasteiger partial charge in [-0.05, 0) is 18.4 Å². The molecule has 1 rings (SSSR count). The van der Waals surface area contributed by atoms with Gasteiger partial charge in [0, 0.05) is 18.0 Å². The maximum atomic E-state index is 8.60. The van der Waals surface area contributed by atoms with Crippen LogP contribution in [0.3, 0.4) is 0 Å².